The Bertz CT molecular complexity index is 632. The molecule has 0 spiro atoms. The van der Waals surface area contributed by atoms with E-state index >= 15 is 0 Å². The fourth-order valence-corrected chi connectivity index (χ4v) is 2.47. The molecule has 1 aromatic carbocycles. The molecular weight excluding hydrogens is 261 g/mol. The highest BCUT2D eigenvalue weighted by molar-refractivity contribution is 5.96. The number of carbonyl (C=O) groups excluding carboxylic acids is 1. The van der Waals surface area contributed by atoms with Gasteiger partial charge in [0, 0.05) is 0 Å². The molecule has 1 aliphatic rings. The maximum atomic E-state index is 13.0. The van der Waals surface area contributed by atoms with Crippen LogP contribution >= 0.6 is 0 Å². The molecule has 1 fully saturated rings. The summed E-state index contributed by atoms with van der Waals surface area (Å²) in [5.74, 6) is -0.605. The van der Waals surface area contributed by atoms with E-state index in [2.05, 4.69) is 20.7 Å². The molecule has 0 aliphatic heterocycles. The number of halogens is 1. The van der Waals surface area contributed by atoms with Gasteiger partial charge in [-0.2, -0.15) is 5.21 Å². The molecule has 6 nitrogen and oxygen atoms in total. The van der Waals surface area contributed by atoms with Gasteiger partial charge in [0.2, 0.25) is 0 Å². The maximum Gasteiger partial charge on any atom is 0.276 e. The molecule has 1 amide bonds. The first-order valence-corrected chi connectivity index (χ1v) is 6.35. The minimum atomic E-state index is -0.462. The number of nitrogen functional groups attached to an aromatic ring is 1. The highest BCUT2D eigenvalue weighted by atomic mass is 19.1. The Balaban J connectivity index is 1.85. The Morgan fingerprint density at radius 2 is 2.00 bits per heavy atom. The number of amides is 1. The van der Waals surface area contributed by atoms with Crippen molar-refractivity contribution in [1.82, 2.24) is 20.7 Å². The fourth-order valence-electron chi connectivity index (χ4n) is 2.47. The number of anilines is 1. The van der Waals surface area contributed by atoms with Gasteiger partial charge < -0.3 is 11.1 Å². The van der Waals surface area contributed by atoms with Gasteiger partial charge in [-0.15, -0.1) is 10.2 Å². The van der Waals surface area contributed by atoms with E-state index < -0.39 is 5.54 Å². The van der Waals surface area contributed by atoms with Gasteiger partial charge in [-0.3, -0.25) is 4.79 Å². The lowest BCUT2D eigenvalue weighted by Crippen LogP contribution is -2.51. The molecule has 4 N–H and O–H groups in total. The normalized spacial score (nSPS) is 16.4. The summed E-state index contributed by atoms with van der Waals surface area (Å²) < 4.78 is 13.0. The molecule has 1 heterocycles. The van der Waals surface area contributed by atoms with Crippen molar-refractivity contribution in [3.63, 3.8) is 0 Å². The van der Waals surface area contributed by atoms with Crippen LogP contribution in [0.15, 0.2) is 24.3 Å². The van der Waals surface area contributed by atoms with Crippen molar-refractivity contribution in [3.05, 3.63) is 41.3 Å². The average Bonchev–Trinajstić information content (AvgIpc) is 2.81. The first-order chi connectivity index (χ1) is 9.61. The minimum Gasteiger partial charge on any atom is -0.380 e. The second-order valence-corrected chi connectivity index (χ2v) is 4.95. The van der Waals surface area contributed by atoms with Gasteiger partial charge in [-0.05, 0) is 37.0 Å². The monoisotopic (exact) mass is 275 g/mol. The van der Waals surface area contributed by atoms with Crippen LogP contribution in [0, 0.1) is 5.82 Å². The zero-order valence-electron chi connectivity index (χ0n) is 10.7. The van der Waals surface area contributed by atoms with E-state index in [1.807, 2.05) is 0 Å². The maximum absolute atomic E-state index is 13.0. The number of nitrogens with two attached hydrogens (primary N) is 1. The number of hydrogen-bond donors (Lipinski definition) is 3. The number of carbonyl (C=O) groups is 1. The van der Waals surface area contributed by atoms with Crippen LogP contribution in [-0.4, -0.2) is 21.3 Å². The third-order valence-corrected chi connectivity index (χ3v) is 3.75. The van der Waals surface area contributed by atoms with Crippen molar-refractivity contribution in [2.24, 2.45) is 0 Å². The minimum absolute atomic E-state index is 0.0658. The number of nitrogens with one attached hydrogen (secondary N) is 2. The standard InChI is InChI=1S/C13H14FN5O/c14-9-4-2-8(3-5-9)13(6-1-7-13)16-12(20)10-11(15)18-19-17-10/h2-5H,1,6-7H2,(H,16,20)(H3,15,17,18,19). The first-order valence-electron chi connectivity index (χ1n) is 6.35. The van der Waals surface area contributed by atoms with E-state index in [0.717, 1.165) is 24.8 Å². The summed E-state index contributed by atoms with van der Waals surface area (Å²) in [5.41, 5.74) is 6.07. The zero-order chi connectivity index (χ0) is 14.2. The lowest BCUT2D eigenvalue weighted by molar-refractivity contribution is 0.0819. The van der Waals surface area contributed by atoms with Gasteiger partial charge in [-0.1, -0.05) is 12.1 Å². The average molecular weight is 275 g/mol. The zero-order valence-corrected chi connectivity index (χ0v) is 10.7. The molecule has 0 unspecified atom stereocenters. The largest absolute Gasteiger partial charge is 0.380 e. The van der Waals surface area contributed by atoms with Gasteiger partial charge in [-0.25, -0.2) is 4.39 Å². The van der Waals surface area contributed by atoms with Crippen molar-refractivity contribution in [2.45, 2.75) is 24.8 Å². The van der Waals surface area contributed by atoms with Crippen molar-refractivity contribution in [1.29, 1.82) is 0 Å². The summed E-state index contributed by atoms with van der Waals surface area (Å²) in [6, 6.07) is 6.18. The molecule has 2 aromatic rings. The van der Waals surface area contributed by atoms with E-state index in [9.17, 15) is 9.18 Å². The summed E-state index contributed by atoms with van der Waals surface area (Å²) >= 11 is 0. The second kappa shape index (κ2) is 4.59. The molecule has 0 atom stereocenters. The SMILES string of the molecule is Nc1n[nH]nc1C(=O)NC1(c2ccc(F)cc2)CCC1. The molecular formula is C13H14FN5O. The molecule has 20 heavy (non-hydrogen) atoms. The molecule has 0 bridgehead atoms. The number of H-pyrrole nitrogens is 1. The van der Waals surface area contributed by atoms with Gasteiger partial charge in [0.15, 0.2) is 11.5 Å². The Hall–Kier alpha value is -2.44. The number of aromatic nitrogens is 3. The summed E-state index contributed by atoms with van der Waals surface area (Å²) in [4.78, 5) is 12.2. The van der Waals surface area contributed by atoms with Crippen molar-refractivity contribution in [3.8, 4) is 0 Å². The van der Waals surface area contributed by atoms with E-state index in [1.54, 1.807) is 12.1 Å². The van der Waals surface area contributed by atoms with Crippen LogP contribution in [-0.2, 0) is 5.54 Å². The van der Waals surface area contributed by atoms with E-state index in [4.69, 9.17) is 5.73 Å². The van der Waals surface area contributed by atoms with Crippen LogP contribution in [0.3, 0.4) is 0 Å². The topological polar surface area (TPSA) is 96.7 Å². The van der Waals surface area contributed by atoms with Crippen LogP contribution < -0.4 is 11.1 Å². The van der Waals surface area contributed by atoms with Crippen molar-refractivity contribution >= 4 is 11.7 Å². The predicted molar refractivity (Wildman–Crippen MR) is 70.2 cm³/mol. The van der Waals surface area contributed by atoms with E-state index in [-0.39, 0.29) is 23.2 Å². The molecule has 3 rings (SSSR count). The van der Waals surface area contributed by atoms with Crippen LogP contribution in [0.4, 0.5) is 10.2 Å². The Kier molecular flexibility index (Phi) is 2.89. The fraction of sp³-hybridized carbons (Fsp3) is 0.308. The van der Waals surface area contributed by atoms with Gasteiger partial charge in [0.1, 0.15) is 5.82 Å². The molecule has 0 radical (unpaired) electrons. The Morgan fingerprint density at radius 3 is 2.50 bits per heavy atom. The number of nitrogens with zero attached hydrogens (tertiary/aromatic N) is 2. The summed E-state index contributed by atoms with van der Waals surface area (Å²) in [6.45, 7) is 0. The number of rotatable bonds is 3. The van der Waals surface area contributed by atoms with Crippen LogP contribution in [0.5, 0.6) is 0 Å². The van der Waals surface area contributed by atoms with Crippen LogP contribution in [0.25, 0.3) is 0 Å². The molecule has 1 saturated carbocycles. The van der Waals surface area contributed by atoms with Gasteiger partial charge in [0.25, 0.3) is 5.91 Å². The second-order valence-electron chi connectivity index (χ2n) is 4.95. The smallest absolute Gasteiger partial charge is 0.276 e. The quantitative estimate of drug-likeness (QED) is 0.787. The Morgan fingerprint density at radius 1 is 1.30 bits per heavy atom. The van der Waals surface area contributed by atoms with Crippen LogP contribution in [0.1, 0.15) is 35.3 Å². The van der Waals surface area contributed by atoms with E-state index in [0.29, 0.717) is 0 Å². The summed E-state index contributed by atoms with van der Waals surface area (Å²) in [5, 5.41) is 12.6. The molecule has 1 aliphatic carbocycles. The molecule has 7 heteroatoms. The number of benzene rings is 1. The van der Waals surface area contributed by atoms with Crippen molar-refractivity contribution in [2.75, 3.05) is 5.73 Å². The molecule has 104 valence electrons. The predicted octanol–water partition coefficient (Wildman–Crippen LogP) is 1.34. The highest BCUT2D eigenvalue weighted by Crippen LogP contribution is 2.41. The van der Waals surface area contributed by atoms with Crippen molar-refractivity contribution < 1.29 is 9.18 Å². The number of aromatic amines is 1. The lowest BCUT2D eigenvalue weighted by atomic mass is 9.71. The highest BCUT2D eigenvalue weighted by Gasteiger charge is 2.40. The number of hydrogen-bond acceptors (Lipinski definition) is 4. The Labute approximate surface area is 114 Å². The lowest BCUT2D eigenvalue weighted by Gasteiger charge is -2.43. The molecule has 0 saturated heterocycles. The molecule has 1 aromatic heterocycles. The van der Waals surface area contributed by atoms with Gasteiger partial charge in [0.05, 0.1) is 5.54 Å². The van der Waals surface area contributed by atoms with Crippen LogP contribution in [0.2, 0.25) is 0 Å². The van der Waals surface area contributed by atoms with E-state index in [1.165, 1.54) is 12.1 Å². The summed E-state index contributed by atoms with van der Waals surface area (Å²) in [7, 11) is 0. The van der Waals surface area contributed by atoms with Gasteiger partial charge >= 0.3 is 0 Å². The third-order valence-electron chi connectivity index (χ3n) is 3.75. The first kappa shape index (κ1) is 12.6. The third kappa shape index (κ3) is 2.01. The summed E-state index contributed by atoms with van der Waals surface area (Å²) in [6.07, 6.45) is 2.62.